The maximum absolute atomic E-state index is 8.90. The minimum Gasteiger partial charge on any atom is -0.395 e. The van der Waals surface area contributed by atoms with Gasteiger partial charge in [-0.15, -0.1) is 0 Å². The first-order valence-corrected chi connectivity index (χ1v) is 7.24. The standard InChI is InChI=1S/C14H24N4O2/c1-10(2)8-16-13-7-12(11-3-6-20-9-11)17-14(18-13)15-4-5-19/h7,10-11,19H,3-6,8-9H2,1-2H3,(H2,15,16,17,18). The molecule has 2 rings (SSSR count). The van der Waals surface area contributed by atoms with E-state index in [2.05, 4.69) is 34.4 Å². The zero-order valence-electron chi connectivity index (χ0n) is 12.2. The van der Waals surface area contributed by atoms with Crippen LogP contribution >= 0.6 is 0 Å². The first kappa shape index (κ1) is 15.0. The van der Waals surface area contributed by atoms with Crippen molar-refractivity contribution in [2.75, 3.05) is 43.5 Å². The maximum atomic E-state index is 8.90. The van der Waals surface area contributed by atoms with E-state index in [1.54, 1.807) is 0 Å². The maximum Gasteiger partial charge on any atom is 0.224 e. The van der Waals surface area contributed by atoms with E-state index in [-0.39, 0.29) is 6.61 Å². The highest BCUT2D eigenvalue weighted by Crippen LogP contribution is 2.26. The minimum atomic E-state index is 0.0644. The third-order valence-electron chi connectivity index (χ3n) is 3.18. The van der Waals surface area contributed by atoms with Crippen molar-refractivity contribution in [2.45, 2.75) is 26.2 Å². The number of hydrogen-bond acceptors (Lipinski definition) is 6. The van der Waals surface area contributed by atoms with Crippen LogP contribution in [-0.4, -0.2) is 48.0 Å². The summed E-state index contributed by atoms with van der Waals surface area (Å²) in [5.74, 6) is 2.29. The molecular formula is C14H24N4O2. The van der Waals surface area contributed by atoms with Gasteiger partial charge in [0.25, 0.3) is 0 Å². The molecular weight excluding hydrogens is 256 g/mol. The van der Waals surface area contributed by atoms with Crippen LogP contribution in [0.15, 0.2) is 6.07 Å². The molecule has 1 atom stereocenters. The van der Waals surface area contributed by atoms with Crippen LogP contribution in [0.3, 0.4) is 0 Å². The summed E-state index contributed by atoms with van der Waals surface area (Å²) < 4.78 is 5.43. The van der Waals surface area contributed by atoms with Gasteiger partial charge in [0.2, 0.25) is 5.95 Å². The molecule has 0 saturated carbocycles. The van der Waals surface area contributed by atoms with Gasteiger partial charge in [-0.25, -0.2) is 4.98 Å². The number of aromatic nitrogens is 2. The Morgan fingerprint density at radius 2 is 2.25 bits per heavy atom. The van der Waals surface area contributed by atoms with Gasteiger partial charge in [0.05, 0.1) is 18.9 Å². The van der Waals surface area contributed by atoms with Crippen LogP contribution < -0.4 is 10.6 Å². The first-order chi connectivity index (χ1) is 9.69. The van der Waals surface area contributed by atoms with Gasteiger partial charge in [-0.3, -0.25) is 0 Å². The number of aliphatic hydroxyl groups is 1. The second-order valence-corrected chi connectivity index (χ2v) is 5.49. The quantitative estimate of drug-likeness (QED) is 0.701. The molecule has 2 heterocycles. The number of hydrogen-bond donors (Lipinski definition) is 3. The second kappa shape index (κ2) is 7.40. The predicted octanol–water partition coefficient (Wildman–Crippen LogP) is 1.45. The Bertz CT molecular complexity index is 420. The Morgan fingerprint density at radius 1 is 1.40 bits per heavy atom. The zero-order valence-corrected chi connectivity index (χ0v) is 12.2. The lowest BCUT2D eigenvalue weighted by molar-refractivity contribution is 0.193. The molecule has 1 unspecified atom stereocenters. The van der Waals surface area contributed by atoms with Crippen molar-refractivity contribution in [1.82, 2.24) is 9.97 Å². The minimum absolute atomic E-state index is 0.0644. The van der Waals surface area contributed by atoms with E-state index in [0.29, 0.717) is 24.3 Å². The molecule has 0 aromatic carbocycles. The van der Waals surface area contributed by atoms with Crippen molar-refractivity contribution in [3.05, 3.63) is 11.8 Å². The summed E-state index contributed by atoms with van der Waals surface area (Å²) in [7, 11) is 0. The highest BCUT2D eigenvalue weighted by molar-refractivity contribution is 5.43. The summed E-state index contributed by atoms with van der Waals surface area (Å²) in [4.78, 5) is 8.96. The van der Waals surface area contributed by atoms with Crippen LogP contribution in [-0.2, 0) is 4.74 Å². The van der Waals surface area contributed by atoms with Gasteiger partial charge >= 0.3 is 0 Å². The predicted molar refractivity (Wildman–Crippen MR) is 79.1 cm³/mol. The van der Waals surface area contributed by atoms with E-state index in [1.807, 2.05) is 6.07 Å². The molecule has 1 aromatic rings. The Morgan fingerprint density at radius 3 is 2.90 bits per heavy atom. The summed E-state index contributed by atoms with van der Waals surface area (Å²) in [6.45, 7) is 7.22. The van der Waals surface area contributed by atoms with Crippen molar-refractivity contribution < 1.29 is 9.84 Å². The van der Waals surface area contributed by atoms with E-state index in [1.165, 1.54) is 0 Å². The van der Waals surface area contributed by atoms with E-state index in [4.69, 9.17) is 9.84 Å². The molecule has 0 radical (unpaired) electrons. The van der Waals surface area contributed by atoms with Gasteiger partial charge in [0.1, 0.15) is 5.82 Å². The van der Waals surface area contributed by atoms with Crippen molar-refractivity contribution in [3.63, 3.8) is 0 Å². The average molecular weight is 280 g/mol. The Kier molecular flexibility index (Phi) is 5.55. The largest absolute Gasteiger partial charge is 0.395 e. The lowest BCUT2D eigenvalue weighted by atomic mass is 10.0. The number of ether oxygens (including phenoxy) is 1. The third-order valence-corrected chi connectivity index (χ3v) is 3.18. The van der Waals surface area contributed by atoms with E-state index >= 15 is 0 Å². The molecule has 6 heteroatoms. The smallest absolute Gasteiger partial charge is 0.224 e. The molecule has 20 heavy (non-hydrogen) atoms. The van der Waals surface area contributed by atoms with Crippen molar-refractivity contribution in [2.24, 2.45) is 5.92 Å². The summed E-state index contributed by atoms with van der Waals surface area (Å²) in [5.41, 5.74) is 1.00. The molecule has 112 valence electrons. The van der Waals surface area contributed by atoms with Gasteiger partial charge < -0.3 is 20.5 Å². The topological polar surface area (TPSA) is 79.3 Å². The highest BCUT2D eigenvalue weighted by atomic mass is 16.5. The van der Waals surface area contributed by atoms with E-state index in [0.717, 1.165) is 37.7 Å². The van der Waals surface area contributed by atoms with Crippen LogP contribution in [0.2, 0.25) is 0 Å². The molecule has 1 aliphatic heterocycles. The van der Waals surface area contributed by atoms with E-state index < -0.39 is 0 Å². The van der Waals surface area contributed by atoms with Crippen molar-refractivity contribution >= 4 is 11.8 Å². The number of rotatable bonds is 7. The fourth-order valence-electron chi connectivity index (χ4n) is 2.09. The number of anilines is 2. The molecule has 0 bridgehead atoms. The highest BCUT2D eigenvalue weighted by Gasteiger charge is 2.20. The van der Waals surface area contributed by atoms with Crippen LogP contribution in [0.1, 0.15) is 31.9 Å². The summed E-state index contributed by atoms with van der Waals surface area (Å²) >= 11 is 0. The lowest BCUT2D eigenvalue weighted by Crippen LogP contribution is -2.15. The molecule has 0 spiro atoms. The Balaban J connectivity index is 2.14. The molecule has 3 N–H and O–H groups in total. The molecule has 0 amide bonds. The molecule has 1 aliphatic rings. The fraction of sp³-hybridized carbons (Fsp3) is 0.714. The molecule has 6 nitrogen and oxygen atoms in total. The number of aliphatic hydroxyl groups excluding tert-OH is 1. The zero-order chi connectivity index (χ0) is 14.4. The monoisotopic (exact) mass is 280 g/mol. The van der Waals surface area contributed by atoms with Crippen LogP contribution in [0.25, 0.3) is 0 Å². The molecule has 1 saturated heterocycles. The van der Waals surface area contributed by atoms with Crippen molar-refractivity contribution in [1.29, 1.82) is 0 Å². The van der Waals surface area contributed by atoms with Gasteiger partial charge in [-0.2, -0.15) is 4.98 Å². The first-order valence-electron chi connectivity index (χ1n) is 7.24. The van der Waals surface area contributed by atoms with Crippen molar-refractivity contribution in [3.8, 4) is 0 Å². The van der Waals surface area contributed by atoms with Crippen LogP contribution in [0.5, 0.6) is 0 Å². The summed E-state index contributed by atoms with van der Waals surface area (Å²) in [5, 5.41) is 15.3. The number of nitrogens with one attached hydrogen (secondary N) is 2. The molecule has 1 fully saturated rings. The van der Waals surface area contributed by atoms with Gasteiger partial charge in [0, 0.05) is 31.7 Å². The summed E-state index contributed by atoms with van der Waals surface area (Å²) in [6, 6.07) is 2.01. The molecule has 1 aromatic heterocycles. The SMILES string of the molecule is CC(C)CNc1cc(C2CCOC2)nc(NCCO)n1. The Labute approximate surface area is 120 Å². The van der Waals surface area contributed by atoms with Gasteiger partial charge in [0.15, 0.2) is 0 Å². The van der Waals surface area contributed by atoms with Gasteiger partial charge in [-0.1, -0.05) is 13.8 Å². The normalized spacial score (nSPS) is 18.5. The lowest BCUT2D eigenvalue weighted by Gasteiger charge is -2.14. The Hall–Kier alpha value is -1.40. The van der Waals surface area contributed by atoms with Gasteiger partial charge in [-0.05, 0) is 12.3 Å². The summed E-state index contributed by atoms with van der Waals surface area (Å²) in [6.07, 6.45) is 1.00. The van der Waals surface area contributed by atoms with Crippen LogP contribution in [0.4, 0.5) is 11.8 Å². The fourth-order valence-corrected chi connectivity index (χ4v) is 2.09. The molecule has 0 aliphatic carbocycles. The second-order valence-electron chi connectivity index (χ2n) is 5.49. The average Bonchev–Trinajstić information content (AvgIpc) is 2.97. The van der Waals surface area contributed by atoms with Crippen LogP contribution in [0, 0.1) is 5.92 Å². The van der Waals surface area contributed by atoms with E-state index in [9.17, 15) is 0 Å². The number of nitrogens with zero attached hydrogens (tertiary/aromatic N) is 2. The third kappa shape index (κ3) is 4.31.